The Hall–Kier alpha value is -3.68. The van der Waals surface area contributed by atoms with Crippen molar-refractivity contribution in [3.05, 3.63) is 18.2 Å². The molecule has 14 heteroatoms. The highest BCUT2D eigenvalue weighted by atomic mass is 16.4. The lowest BCUT2D eigenvalue weighted by atomic mass is 9.96. The molecule has 0 saturated heterocycles. The van der Waals surface area contributed by atoms with E-state index in [1.165, 1.54) is 12.5 Å². The zero-order valence-electron chi connectivity index (χ0n) is 22.6. The van der Waals surface area contributed by atoms with Gasteiger partial charge < -0.3 is 43.2 Å². The number of aromatic amines is 1. The van der Waals surface area contributed by atoms with Gasteiger partial charge in [-0.1, -0.05) is 34.1 Å². The summed E-state index contributed by atoms with van der Waals surface area (Å²) in [5, 5.41) is 17.5. The second kappa shape index (κ2) is 16.2. The quantitative estimate of drug-likeness (QED) is 0.0686. The van der Waals surface area contributed by atoms with Crippen molar-refractivity contribution in [2.24, 2.45) is 34.0 Å². The number of nitrogens with zero attached hydrogens (tertiary/aromatic N) is 2. The Balaban J connectivity index is 3.06. The highest BCUT2D eigenvalue weighted by Gasteiger charge is 2.32. The number of nitrogens with two attached hydrogens (primary N) is 3. The van der Waals surface area contributed by atoms with Crippen LogP contribution in [0.15, 0.2) is 17.5 Å². The van der Waals surface area contributed by atoms with E-state index >= 15 is 0 Å². The summed E-state index contributed by atoms with van der Waals surface area (Å²) in [7, 11) is 0. The molecule has 0 aliphatic heterocycles. The largest absolute Gasteiger partial charge is 0.480 e. The SMILES string of the molecule is CCC(C)C(NC(=O)C(N)CC(C)C)C(=O)NC(CCCN=C(N)N)C(=O)NC(Cc1cnc[nH]1)C(=O)O. The lowest BCUT2D eigenvalue weighted by Crippen LogP contribution is -2.58. The van der Waals surface area contributed by atoms with Gasteiger partial charge in [-0.25, -0.2) is 9.78 Å². The first-order valence-corrected chi connectivity index (χ1v) is 12.8. The molecule has 1 aromatic heterocycles. The Bertz CT molecular complexity index is 932. The molecule has 38 heavy (non-hydrogen) atoms. The van der Waals surface area contributed by atoms with E-state index in [0.717, 1.165) is 0 Å². The first kappa shape index (κ1) is 32.3. The molecule has 0 aromatic carbocycles. The van der Waals surface area contributed by atoms with E-state index in [0.29, 0.717) is 25.0 Å². The number of hydrogen-bond donors (Lipinski definition) is 8. The minimum Gasteiger partial charge on any atom is -0.480 e. The van der Waals surface area contributed by atoms with Crippen molar-refractivity contribution in [3.8, 4) is 0 Å². The zero-order chi connectivity index (χ0) is 28.8. The van der Waals surface area contributed by atoms with Gasteiger partial charge in [-0.3, -0.25) is 19.4 Å². The molecule has 0 spiro atoms. The van der Waals surface area contributed by atoms with Crippen molar-refractivity contribution in [3.63, 3.8) is 0 Å². The lowest BCUT2D eigenvalue weighted by molar-refractivity contribution is -0.142. The molecular formula is C24H43N9O5. The second-order valence-electron chi connectivity index (χ2n) is 9.80. The smallest absolute Gasteiger partial charge is 0.326 e. The maximum absolute atomic E-state index is 13.3. The van der Waals surface area contributed by atoms with E-state index in [4.69, 9.17) is 17.2 Å². The summed E-state index contributed by atoms with van der Waals surface area (Å²) in [5.74, 6) is -3.16. The number of H-pyrrole nitrogens is 1. The van der Waals surface area contributed by atoms with Gasteiger partial charge in [-0.2, -0.15) is 0 Å². The second-order valence-corrected chi connectivity index (χ2v) is 9.80. The number of nitrogens with one attached hydrogen (secondary N) is 4. The van der Waals surface area contributed by atoms with Gasteiger partial charge in [-0.05, 0) is 31.1 Å². The van der Waals surface area contributed by atoms with Crippen LogP contribution in [0.4, 0.5) is 0 Å². The van der Waals surface area contributed by atoms with Crippen molar-refractivity contribution < 1.29 is 24.3 Å². The first-order valence-electron chi connectivity index (χ1n) is 12.8. The van der Waals surface area contributed by atoms with Gasteiger partial charge in [-0.15, -0.1) is 0 Å². The molecule has 5 atom stereocenters. The fourth-order valence-electron chi connectivity index (χ4n) is 3.70. The molecule has 0 bridgehead atoms. The first-order chi connectivity index (χ1) is 17.8. The third-order valence-corrected chi connectivity index (χ3v) is 6.03. The molecule has 1 rings (SSSR count). The van der Waals surface area contributed by atoms with Crippen LogP contribution < -0.4 is 33.2 Å². The molecule has 0 saturated carbocycles. The van der Waals surface area contributed by atoms with Crippen LogP contribution >= 0.6 is 0 Å². The van der Waals surface area contributed by atoms with Crippen LogP contribution in [0, 0.1) is 11.8 Å². The number of carboxylic acids is 1. The predicted molar refractivity (Wildman–Crippen MR) is 143 cm³/mol. The van der Waals surface area contributed by atoms with Gasteiger partial charge in [0.25, 0.3) is 0 Å². The van der Waals surface area contributed by atoms with Crippen LogP contribution in [0.1, 0.15) is 59.1 Å². The number of guanidine groups is 1. The summed E-state index contributed by atoms with van der Waals surface area (Å²) >= 11 is 0. The number of imidazole rings is 1. The van der Waals surface area contributed by atoms with Crippen molar-refractivity contribution >= 4 is 29.7 Å². The lowest BCUT2D eigenvalue weighted by Gasteiger charge is -2.28. The number of aliphatic carboxylic acids is 1. The average molecular weight is 538 g/mol. The molecule has 0 radical (unpaired) electrons. The van der Waals surface area contributed by atoms with E-state index in [9.17, 15) is 24.3 Å². The summed E-state index contributed by atoms with van der Waals surface area (Å²) in [6.45, 7) is 7.76. The number of carboxylic acid groups (broad SMARTS) is 1. The number of aromatic nitrogens is 2. The van der Waals surface area contributed by atoms with Gasteiger partial charge in [0, 0.05) is 24.9 Å². The van der Waals surface area contributed by atoms with Crippen molar-refractivity contribution in [1.82, 2.24) is 25.9 Å². The van der Waals surface area contributed by atoms with Crippen molar-refractivity contribution in [1.29, 1.82) is 0 Å². The van der Waals surface area contributed by atoms with Crippen LogP contribution in [0.5, 0.6) is 0 Å². The molecule has 3 amide bonds. The van der Waals surface area contributed by atoms with E-state index in [1.54, 1.807) is 6.92 Å². The summed E-state index contributed by atoms with van der Waals surface area (Å²) in [6, 6.07) is -4.10. The van der Waals surface area contributed by atoms with Crippen molar-refractivity contribution in [2.45, 2.75) is 84.0 Å². The van der Waals surface area contributed by atoms with Crippen molar-refractivity contribution in [2.75, 3.05) is 6.54 Å². The number of aliphatic imine (C=N–C) groups is 1. The van der Waals surface area contributed by atoms with E-state index < -0.39 is 47.9 Å². The summed E-state index contributed by atoms with van der Waals surface area (Å²) in [5.41, 5.74) is 17.2. The van der Waals surface area contributed by atoms with Crippen LogP contribution in [0.2, 0.25) is 0 Å². The molecule has 14 nitrogen and oxygen atoms in total. The molecular weight excluding hydrogens is 494 g/mol. The average Bonchev–Trinajstić information content (AvgIpc) is 3.35. The molecule has 1 aromatic rings. The molecule has 214 valence electrons. The Kier molecular flexibility index (Phi) is 13.8. The maximum atomic E-state index is 13.3. The summed E-state index contributed by atoms with van der Waals surface area (Å²) in [6.07, 6.45) is 4.30. The van der Waals surface area contributed by atoms with Gasteiger partial charge in [0.1, 0.15) is 18.1 Å². The molecule has 0 aliphatic carbocycles. The van der Waals surface area contributed by atoms with Gasteiger partial charge in [0.05, 0.1) is 12.4 Å². The molecule has 0 aliphatic rings. The number of rotatable bonds is 17. The Morgan fingerprint density at radius 2 is 1.71 bits per heavy atom. The van der Waals surface area contributed by atoms with E-state index in [-0.39, 0.29) is 37.2 Å². The van der Waals surface area contributed by atoms with Crippen LogP contribution in [-0.4, -0.2) is 75.4 Å². The zero-order valence-corrected chi connectivity index (χ0v) is 22.6. The number of carbonyl (C=O) groups excluding carboxylic acids is 3. The molecule has 0 fully saturated rings. The van der Waals surface area contributed by atoms with E-state index in [1.807, 2.05) is 20.8 Å². The van der Waals surface area contributed by atoms with Gasteiger partial charge in [0.2, 0.25) is 17.7 Å². The van der Waals surface area contributed by atoms with Crippen LogP contribution in [-0.2, 0) is 25.6 Å². The Morgan fingerprint density at radius 3 is 2.24 bits per heavy atom. The molecule has 1 heterocycles. The third kappa shape index (κ3) is 11.6. The minimum atomic E-state index is -1.26. The Labute approximate surface area is 223 Å². The van der Waals surface area contributed by atoms with Crippen LogP contribution in [0.25, 0.3) is 0 Å². The normalized spacial score (nSPS) is 15.0. The Morgan fingerprint density at radius 1 is 1.05 bits per heavy atom. The maximum Gasteiger partial charge on any atom is 0.326 e. The molecule has 11 N–H and O–H groups in total. The number of carbonyl (C=O) groups is 4. The highest BCUT2D eigenvalue weighted by molar-refractivity contribution is 5.94. The predicted octanol–water partition coefficient (Wildman–Crippen LogP) is -1.04. The molecule has 5 unspecified atom stereocenters. The standard InChI is InChI=1S/C24H43N9O5/c1-5-14(4)19(33-20(34)16(25)9-13(2)3)22(36)31-17(7-6-8-29-24(26)27)21(35)32-18(23(37)38)10-15-11-28-12-30-15/h11-14,16-19H,5-10,25H2,1-4H3,(H,28,30)(H,31,36)(H,32,35)(H,33,34)(H,37,38)(H4,26,27,29). The minimum absolute atomic E-state index is 0.0327. The number of amides is 3. The highest BCUT2D eigenvalue weighted by Crippen LogP contribution is 2.11. The van der Waals surface area contributed by atoms with E-state index in [2.05, 4.69) is 30.9 Å². The van der Waals surface area contributed by atoms with Gasteiger partial charge in [0.15, 0.2) is 5.96 Å². The topological polar surface area (TPSA) is 244 Å². The fraction of sp³-hybridized carbons (Fsp3) is 0.667. The number of hydrogen-bond acceptors (Lipinski definition) is 7. The monoisotopic (exact) mass is 537 g/mol. The fourth-order valence-corrected chi connectivity index (χ4v) is 3.70. The third-order valence-electron chi connectivity index (χ3n) is 6.03. The summed E-state index contributed by atoms with van der Waals surface area (Å²) in [4.78, 5) is 61.5. The summed E-state index contributed by atoms with van der Waals surface area (Å²) < 4.78 is 0. The van der Waals surface area contributed by atoms with Crippen LogP contribution in [0.3, 0.4) is 0 Å². The van der Waals surface area contributed by atoms with Gasteiger partial charge >= 0.3 is 5.97 Å².